The van der Waals surface area contributed by atoms with Crippen LogP contribution in [0.4, 0.5) is 0 Å². The van der Waals surface area contributed by atoms with Gasteiger partial charge in [-0.25, -0.2) is 0 Å². The summed E-state index contributed by atoms with van der Waals surface area (Å²) in [6, 6.07) is 5.14. The largest absolute Gasteiger partial charge is 0.496 e. The van der Waals surface area contributed by atoms with Crippen molar-refractivity contribution in [2.45, 2.75) is 13.0 Å². The summed E-state index contributed by atoms with van der Waals surface area (Å²) >= 11 is 5.88. The van der Waals surface area contributed by atoms with Gasteiger partial charge in [0.2, 0.25) is 5.91 Å². The molecule has 0 bridgehead atoms. The maximum absolute atomic E-state index is 11.7. The van der Waals surface area contributed by atoms with E-state index in [1.54, 1.807) is 18.2 Å². The van der Waals surface area contributed by atoms with Gasteiger partial charge in [-0.3, -0.25) is 9.59 Å². The van der Waals surface area contributed by atoms with Crippen LogP contribution in [0.15, 0.2) is 18.2 Å². The number of hydrogen-bond acceptors (Lipinski definition) is 3. The second kappa shape index (κ2) is 5.48. The fraction of sp³-hybridized carbons (Fsp3) is 0.385. The molecule has 0 spiro atoms. The lowest BCUT2D eigenvalue weighted by Crippen LogP contribution is -2.26. The Balaban J connectivity index is 1.94. The zero-order chi connectivity index (χ0) is 14.0. The minimum Gasteiger partial charge on any atom is -0.496 e. The zero-order valence-electron chi connectivity index (χ0n) is 10.4. The first-order chi connectivity index (χ1) is 9.02. The molecule has 0 heterocycles. The topological polar surface area (TPSA) is 75.6 Å². The van der Waals surface area contributed by atoms with Crippen LogP contribution in [0, 0.1) is 11.8 Å². The van der Waals surface area contributed by atoms with Crippen molar-refractivity contribution in [3.63, 3.8) is 0 Å². The lowest BCUT2D eigenvalue weighted by atomic mass is 10.2. The molecule has 2 rings (SSSR count). The highest BCUT2D eigenvalue weighted by molar-refractivity contribution is 6.30. The molecular formula is C13H14ClNO4. The smallest absolute Gasteiger partial charge is 0.307 e. The number of aliphatic carboxylic acids is 1. The minimum atomic E-state index is -0.916. The number of amides is 1. The molecule has 0 aliphatic heterocycles. The summed E-state index contributed by atoms with van der Waals surface area (Å²) in [6.45, 7) is 0.269. The first-order valence-electron chi connectivity index (χ1n) is 5.86. The molecule has 19 heavy (non-hydrogen) atoms. The molecule has 0 radical (unpaired) electrons. The number of halogens is 1. The normalized spacial score (nSPS) is 20.7. The molecule has 1 aromatic rings. The van der Waals surface area contributed by atoms with Crippen LogP contribution in [0.1, 0.15) is 12.0 Å². The molecule has 1 aliphatic carbocycles. The van der Waals surface area contributed by atoms with Crippen molar-refractivity contribution >= 4 is 23.5 Å². The molecule has 0 aromatic heterocycles. The highest BCUT2D eigenvalue weighted by atomic mass is 35.5. The Bertz CT molecular complexity index is 517. The average Bonchev–Trinajstić information content (AvgIpc) is 3.16. The van der Waals surface area contributed by atoms with Crippen molar-refractivity contribution in [1.82, 2.24) is 5.32 Å². The van der Waals surface area contributed by atoms with Crippen molar-refractivity contribution in [2.75, 3.05) is 7.11 Å². The maximum atomic E-state index is 11.7. The molecule has 2 atom stereocenters. The molecule has 1 aliphatic rings. The molecule has 1 saturated carbocycles. The molecule has 0 unspecified atom stereocenters. The van der Waals surface area contributed by atoms with E-state index in [2.05, 4.69) is 5.32 Å². The minimum absolute atomic E-state index is 0.241. The maximum Gasteiger partial charge on any atom is 0.307 e. The van der Waals surface area contributed by atoms with E-state index in [9.17, 15) is 9.59 Å². The predicted molar refractivity (Wildman–Crippen MR) is 69.1 cm³/mol. The highest BCUT2D eigenvalue weighted by Gasteiger charge is 2.48. The number of benzene rings is 1. The molecule has 1 aromatic carbocycles. The van der Waals surface area contributed by atoms with Gasteiger partial charge < -0.3 is 15.2 Å². The summed E-state index contributed by atoms with van der Waals surface area (Å²) < 4.78 is 5.16. The van der Waals surface area contributed by atoms with Crippen molar-refractivity contribution in [2.24, 2.45) is 11.8 Å². The Hall–Kier alpha value is -1.75. The molecule has 5 nitrogen and oxygen atoms in total. The highest BCUT2D eigenvalue weighted by Crippen LogP contribution is 2.38. The Morgan fingerprint density at radius 3 is 2.79 bits per heavy atom. The van der Waals surface area contributed by atoms with Gasteiger partial charge in [-0.2, -0.15) is 0 Å². The number of rotatable bonds is 5. The molecule has 102 valence electrons. The number of ether oxygens (including phenoxy) is 1. The van der Waals surface area contributed by atoms with Crippen LogP contribution in [0.5, 0.6) is 5.75 Å². The van der Waals surface area contributed by atoms with Crippen molar-refractivity contribution in [1.29, 1.82) is 0 Å². The number of carbonyl (C=O) groups is 2. The number of hydrogen-bond donors (Lipinski definition) is 2. The number of methoxy groups -OCH3 is 1. The summed E-state index contributed by atoms with van der Waals surface area (Å²) in [6.07, 6.45) is 0.411. The molecule has 0 saturated heterocycles. The molecular weight excluding hydrogens is 270 g/mol. The van der Waals surface area contributed by atoms with Crippen LogP contribution < -0.4 is 10.1 Å². The van der Waals surface area contributed by atoms with Crippen LogP contribution in [-0.4, -0.2) is 24.1 Å². The SMILES string of the molecule is COc1ccc(Cl)cc1CNC(=O)[C@H]1C[C@@H]1C(=O)O. The predicted octanol–water partition coefficient (Wildman–Crippen LogP) is 1.69. The lowest BCUT2D eigenvalue weighted by Gasteiger charge is -2.10. The van der Waals surface area contributed by atoms with Gasteiger partial charge >= 0.3 is 5.97 Å². The third kappa shape index (κ3) is 3.17. The summed E-state index contributed by atoms with van der Waals surface area (Å²) in [5.41, 5.74) is 0.760. The fourth-order valence-electron chi connectivity index (χ4n) is 1.96. The monoisotopic (exact) mass is 283 g/mol. The van der Waals surface area contributed by atoms with Crippen LogP contribution in [0.2, 0.25) is 5.02 Å². The summed E-state index contributed by atoms with van der Waals surface area (Å²) in [5.74, 6) is -1.48. The van der Waals surface area contributed by atoms with E-state index in [4.69, 9.17) is 21.4 Å². The van der Waals surface area contributed by atoms with Crippen molar-refractivity contribution < 1.29 is 19.4 Å². The van der Waals surface area contributed by atoms with E-state index in [1.807, 2.05) is 0 Å². The van der Waals surface area contributed by atoms with E-state index in [0.29, 0.717) is 17.2 Å². The molecule has 2 N–H and O–H groups in total. The van der Waals surface area contributed by atoms with Gasteiger partial charge in [0.1, 0.15) is 5.75 Å². The zero-order valence-corrected chi connectivity index (χ0v) is 11.1. The molecule has 6 heteroatoms. The molecule has 1 fully saturated rings. The first-order valence-corrected chi connectivity index (χ1v) is 6.23. The van der Waals surface area contributed by atoms with E-state index in [1.165, 1.54) is 7.11 Å². The first kappa shape index (κ1) is 13.7. The van der Waals surface area contributed by atoms with Gasteiger partial charge in [0.05, 0.1) is 18.9 Å². The third-order valence-electron chi connectivity index (χ3n) is 3.14. The summed E-state index contributed by atoms with van der Waals surface area (Å²) in [7, 11) is 1.54. The van der Waals surface area contributed by atoms with Gasteiger partial charge in [-0.05, 0) is 24.6 Å². The van der Waals surface area contributed by atoms with Gasteiger partial charge in [0, 0.05) is 17.1 Å². The van der Waals surface area contributed by atoms with Crippen molar-refractivity contribution in [3.05, 3.63) is 28.8 Å². The summed E-state index contributed by atoms with van der Waals surface area (Å²) in [5, 5.41) is 12.0. The number of carboxylic acid groups (broad SMARTS) is 1. The van der Waals surface area contributed by atoms with Crippen LogP contribution in [0.3, 0.4) is 0 Å². The standard InChI is InChI=1S/C13H14ClNO4/c1-19-11-3-2-8(14)4-7(11)6-15-12(16)9-5-10(9)13(17)18/h2-4,9-10H,5-6H2,1H3,(H,15,16)(H,17,18)/t9-,10-/m0/s1. The number of carbonyl (C=O) groups excluding carboxylic acids is 1. The van der Waals surface area contributed by atoms with E-state index in [-0.39, 0.29) is 12.5 Å². The van der Waals surface area contributed by atoms with E-state index < -0.39 is 17.8 Å². The Labute approximate surface area is 115 Å². The third-order valence-corrected chi connectivity index (χ3v) is 3.38. The van der Waals surface area contributed by atoms with Crippen LogP contribution in [0.25, 0.3) is 0 Å². The lowest BCUT2D eigenvalue weighted by molar-refractivity contribution is -0.140. The fourth-order valence-corrected chi connectivity index (χ4v) is 2.15. The number of carboxylic acids is 1. The average molecular weight is 284 g/mol. The quantitative estimate of drug-likeness (QED) is 0.862. The van der Waals surface area contributed by atoms with Gasteiger partial charge in [-0.15, -0.1) is 0 Å². The van der Waals surface area contributed by atoms with E-state index >= 15 is 0 Å². The van der Waals surface area contributed by atoms with Gasteiger partial charge in [0.25, 0.3) is 0 Å². The van der Waals surface area contributed by atoms with Crippen LogP contribution >= 0.6 is 11.6 Å². The Kier molecular flexibility index (Phi) is 3.95. The van der Waals surface area contributed by atoms with Crippen molar-refractivity contribution in [3.8, 4) is 5.75 Å². The van der Waals surface area contributed by atoms with Gasteiger partial charge in [-0.1, -0.05) is 11.6 Å². The Morgan fingerprint density at radius 2 is 2.21 bits per heavy atom. The molecule has 1 amide bonds. The van der Waals surface area contributed by atoms with Crippen LogP contribution in [-0.2, 0) is 16.1 Å². The summed E-state index contributed by atoms with van der Waals surface area (Å²) in [4.78, 5) is 22.4. The number of nitrogens with one attached hydrogen (secondary N) is 1. The second-order valence-electron chi connectivity index (χ2n) is 4.46. The second-order valence-corrected chi connectivity index (χ2v) is 4.90. The van der Waals surface area contributed by atoms with Gasteiger partial charge in [0.15, 0.2) is 0 Å². The Morgan fingerprint density at radius 1 is 1.47 bits per heavy atom. The van der Waals surface area contributed by atoms with E-state index in [0.717, 1.165) is 5.56 Å².